The first-order chi connectivity index (χ1) is 6.27. The van der Waals surface area contributed by atoms with Crippen LogP contribution in [0.25, 0.3) is 0 Å². The van der Waals surface area contributed by atoms with E-state index in [4.69, 9.17) is 23.2 Å². The summed E-state index contributed by atoms with van der Waals surface area (Å²) >= 11 is 13.8. The van der Waals surface area contributed by atoms with Gasteiger partial charge in [-0.05, 0) is 58.7 Å². The lowest BCUT2D eigenvalue weighted by Gasteiger charge is -2.06. The number of hydrogen-bond acceptors (Lipinski definition) is 0. The number of hydrogen-bond donors (Lipinski definition) is 0. The van der Waals surface area contributed by atoms with E-state index in [-0.39, 0.29) is 0 Å². The molecule has 0 saturated carbocycles. The van der Waals surface area contributed by atoms with Crippen molar-refractivity contribution in [2.45, 2.75) is 18.7 Å². The second kappa shape index (κ2) is 6.10. The fourth-order valence-electron chi connectivity index (χ4n) is 1.21. The first kappa shape index (κ1) is 11.6. The molecule has 0 radical (unpaired) electrons. The monoisotopic (exact) mass is 328 g/mol. The zero-order valence-electron chi connectivity index (χ0n) is 7.19. The summed E-state index contributed by atoms with van der Waals surface area (Å²) < 4.78 is 1.26. The average Bonchev–Trinajstić information content (AvgIpc) is 2.15. The molecule has 0 heterocycles. The molecule has 0 amide bonds. The fourth-order valence-corrected chi connectivity index (χ4v) is 2.16. The molecule has 0 nitrogen and oxygen atoms in total. The standard InChI is InChI=1S/C10H11Cl2I/c11-5-1-2-8-6-10(13)4-3-9(8)7-12/h3-4,6H,1-2,5,7H2. The number of alkyl halides is 2. The third-order valence-corrected chi connectivity index (χ3v) is 3.12. The van der Waals surface area contributed by atoms with Crippen molar-refractivity contribution in [3.8, 4) is 0 Å². The summed E-state index contributed by atoms with van der Waals surface area (Å²) in [5, 5.41) is 0. The number of halogens is 3. The zero-order chi connectivity index (χ0) is 9.68. The second-order valence-corrected chi connectivity index (χ2v) is 4.73. The van der Waals surface area contributed by atoms with Crippen LogP contribution in [0.1, 0.15) is 17.5 Å². The largest absolute Gasteiger partial charge is 0.127 e. The molecule has 0 bridgehead atoms. The summed E-state index contributed by atoms with van der Waals surface area (Å²) in [5.41, 5.74) is 2.56. The normalized spacial score (nSPS) is 10.4. The molecule has 0 aliphatic carbocycles. The maximum Gasteiger partial charge on any atom is 0.0476 e. The maximum atomic E-state index is 5.83. The summed E-state index contributed by atoms with van der Waals surface area (Å²) in [5.74, 6) is 1.31. The van der Waals surface area contributed by atoms with Crippen LogP contribution in [0.4, 0.5) is 0 Å². The lowest BCUT2D eigenvalue weighted by atomic mass is 10.0. The van der Waals surface area contributed by atoms with Gasteiger partial charge in [-0.15, -0.1) is 23.2 Å². The van der Waals surface area contributed by atoms with Gasteiger partial charge < -0.3 is 0 Å². The van der Waals surface area contributed by atoms with Gasteiger partial charge in [0.1, 0.15) is 0 Å². The van der Waals surface area contributed by atoms with Crippen molar-refractivity contribution in [1.29, 1.82) is 0 Å². The van der Waals surface area contributed by atoms with Crippen LogP contribution in [0.5, 0.6) is 0 Å². The smallest absolute Gasteiger partial charge is 0.0476 e. The molecule has 0 fully saturated rings. The molecule has 0 aliphatic heterocycles. The molecule has 3 heteroatoms. The molecule has 13 heavy (non-hydrogen) atoms. The van der Waals surface area contributed by atoms with Crippen LogP contribution in [0, 0.1) is 3.57 Å². The maximum absolute atomic E-state index is 5.83. The molecular formula is C10H11Cl2I. The molecule has 0 aromatic heterocycles. The average molecular weight is 329 g/mol. The van der Waals surface area contributed by atoms with E-state index in [2.05, 4.69) is 40.8 Å². The minimum atomic E-state index is 0.592. The summed E-state index contributed by atoms with van der Waals surface area (Å²) in [6.07, 6.45) is 2.05. The van der Waals surface area contributed by atoms with Crippen LogP contribution in [-0.4, -0.2) is 5.88 Å². The first-order valence-electron chi connectivity index (χ1n) is 4.17. The van der Waals surface area contributed by atoms with Gasteiger partial charge >= 0.3 is 0 Å². The third-order valence-electron chi connectivity index (χ3n) is 1.89. The van der Waals surface area contributed by atoms with E-state index in [1.165, 1.54) is 14.7 Å². The predicted molar refractivity (Wildman–Crippen MR) is 67.8 cm³/mol. The highest BCUT2D eigenvalue weighted by atomic mass is 127. The van der Waals surface area contributed by atoms with Crippen LogP contribution in [0.2, 0.25) is 0 Å². The second-order valence-electron chi connectivity index (χ2n) is 2.84. The van der Waals surface area contributed by atoms with Crippen LogP contribution >= 0.6 is 45.8 Å². The van der Waals surface area contributed by atoms with Crippen LogP contribution in [0.15, 0.2) is 18.2 Å². The Morgan fingerprint density at radius 1 is 1.15 bits per heavy atom. The minimum Gasteiger partial charge on any atom is -0.127 e. The molecule has 0 N–H and O–H groups in total. The lowest BCUT2D eigenvalue weighted by molar-refractivity contribution is 0.916. The molecule has 0 unspecified atom stereocenters. The van der Waals surface area contributed by atoms with Crippen LogP contribution in [0.3, 0.4) is 0 Å². The molecule has 1 aromatic rings. The van der Waals surface area contributed by atoms with E-state index in [1.807, 2.05) is 0 Å². The molecule has 0 atom stereocenters. The summed E-state index contributed by atoms with van der Waals surface area (Å²) in [6, 6.07) is 6.37. The van der Waals surface area contributed by atoms with Crippen molar-refractivity contribution in [3.05, 3.63) is 32.9 Å². The van der Waals surface area contributed by atoms with E-state index in [1.54, 1.807) is 0 Å². The minimum absolute atomic E-state index is 0.592. The van der Waals surface area contributed by atoms with E-state index in [0.717, 1.165) is 12.8 Å². The van der Waals surface area contributed by atoms with Gasteiger partial charge in [-0.3, -0.25) is 0 Å². The highest BCUT2D eigenvalue weighted by molar-refractivity contribution is 14.1. The van der Waals surface area contributed by atoms with Gasteiger partial charge in [0, 0.05) is 15.3 Å². The van der Waals surface area contributed by atoms with E-state index in [9.17, 15) is 0 Å². The Bertz CT molecular complexity index is 274. The Balaban J connectivity index is 2.81. The Labute approximate surface area is 103 Å². The molecule has 72 valence electrons. The Morgan fingerprint density at radius 3 is 2.54 bits per heavy atom. The van der Waals surface area contributed by atoms with E-state index in [0.29, 0.717) is 11.8 Å². The topological polar surface area (TPSA) is 0 Å². The van der Waals surface area contributed by atoms with Gasteiger partial charge in [-0.2, -0.15) is 0 Å². The van der Waals surface area contributed by atoms with Crippen LogP contribution in [-0.2, 0) is 12.3 Å². The van der Waals surface area contributed by atoms with Crippen molar-refractivity contribution in [2.24, 2.45) is 0 Å². The van der Waals surface area contributed by atoms with Gasteiger partial charge in [0.2, 0.25) is 0 Å². The van der Waals surface area contributed by atoms with E-state index < -0.39 is 0 Å². The van der Waals surface area contributed by atoms with Crippen molar-refractivity contribution in [3.63, 3.8) is 0 Å². The quantitative estimate of drug-likeness (QED) is 0.574. The predicted octanol–water partition coefficient (Wildman–Crippen LogP) is 4.20. The van der Waals surface area contributed by atoms with Crippen molar-refractivity contribution >= 4 is 45.8 Å². The first-order valence-corrected chi connectivity index (χ1v) is 6.32. The fraction of sp³-hybridized carbons (Fsp3) is 0.400. The van der Waals surface area contributed by atoms with Gasteiger partial charge in [0.25, 0.3) is 0 Å². The lowest BCUT2D eigenvalue weighted by Crippen LogP contribution is -1.93. The van der Waals surface area contributed by atoms with Gasteiger partial charge in [0.05, 0.1) is 0 Å². The Morgan fingerprint density at radius 2 is 1.92 bits per heavy atom. The zero-order valence-corrected chi connectivity index (χ0v) is 10.9. The molecule has 1 rings (SSSR count). The Kier molecular flexibility index (Phi) is 5.44. The van der Waals surface area contributed by atoms with Gasteiger partial charge in [0.15, 0.2) is 0 Å². The van der Waals surface area contributed by atoms with Crippen molar-refractivity contribution in [2.75, 3.05) is 5.88 Å². The molecule has 0 aliphatic rings. The number of aryl methyl sites for hydroxylation is 1. The Hall–Kier alpha value is 0.530. The van der Waals surface area contributed by atoms with Gasteiger partial charge in [-0.25, -0.2) is 0 Å². The summed E-state index contributed by atoms with van der Waals surface area (Å²) in [7, 11) is 0. The highest BCUT2D eigenvalue weighted by Crippen LogP contribution is 2.17. The SMILES string of the molecule is ClCCCc1cc(I)ccc1CCl. The number of rotatable bonds is 4. The molecule has 0 spiro atoms. The summed E-state index contributed by atoms with van der Waals surface area (Å²) in [4.78, 5) is 0. The van der Waals surface area contributed by atoms with Crippen LogP contribution < -0.4 is 0 Å². The van der Waals surface area contributed by atoms with Crippen molar-refractivity contribution in [1.82, 2.24) is 0 Å². The van der Waals surface area contributed by atoms with E-state index >= 15 is 0 Å². The number of benzene rings is 1. The molecule has 1 aromatic carbocycles. The molecule has 0 saturated heterocycles. The van der Waals surface area contributed by atoms with Crippen molar-refractivity contribution < 1.29 is 0 Å². The third kappa shape index (κ3) is 3.64. The highest BCUT2D eigenvalue weighted by Gasteiger charge is 2.01. The van der Waals surface area contributed by atoms with Gasteiger partial charge in [-0.1, -0.05) is 6.07 Å². The summed E-state index contributed by atoms with van der Waals surface area (Å²) in [6.45, 7) is 0. The molecular weight excluding hydrogens is 318 g/mol.